The van der Waals surface area contributed by atoms with E-state index in [0.717, 1.165) is 11.5 Å². The van der Waals surface area contributed by atoms with Gasteiger partial charge in [0, 0.05) is 11.1 Å². The Balaban J connectivity index is 0.00000232. The van der Waals surface area contributed by atoms with E-state index >= 15 is 0 Å². The quantitative estimate of drug-likeness (QED) is 0.0464. The van der Waals surface area contributed by atoms with Crippen LogP contribution in [0, 0.1) is 11.8 Å². The van der Waals surface area contributed by atoms with Gasteiger partial charge in [0.2, 0.25) is 11.6 Å². The number of ketones is 2. The highest BCUT2D eigenvalue weighted by molar-refractivity contribution is 6.49. The minimum atomic E-state index is -0.502. The van der Waals surface area contributed by atoms with Crippen molar-refractivity contribution in [3.63, 3.8) is 0 Å². The predicted octanol–water partition coefficient (Wildman–Crippen LogP) is 14.4. The second kappa shape index (κ2) is 31.1. The first-order valence-corrected chi connectivity index (χ1v) is 20.9. The molecule has 0 aliphatic heterocycles. The highest BCUT2D eigenvalue weighted by Gasteiger charge is 2.19. The summed E-state index contributed by atoms with van der Waals surface area (Å²) >= 11 is 0. The summed E-state index contributed by atoms with van der Waals surface area (Å²) in [6.07, 6.45) is 28.5. The number of rotatable bonds is 30. The fraction of sp³-hybridized carbons (Fsp3) is 0.696. The topological polar surface area (TPSA) is 52.6 Å². The second-order valence-corrected chi connectivity index (χ2v) is 14.6. The molecule has 2 atom stereocenters. The standard InChI is InChI=1S/C41H64O4.C5H12/c1-5-8-11-14-16-18-21-34(4)32-44-38-28-24-36(25-29-38)40(42)41(43)37-26-30-39(31-27-37)45-33-35(22-19-13-10-7-3)23-20-17-15-12-9-6-2;1-3-5-4-2/h24-31,34-35H,5-23,32-33H2,1-4H3;3-5H2,1-2H3. The minimum absolute atomic E-state index is 0.383. The number of carbonyl (C=O) groups is 2. The molecule has 0 radical (unpaired) electrons. The molecule has 4 nitrogen and oxygen atoms in total. The molecule has 50 heavy (non-hydrogen) atoms. The largest absolute Gasteiger partial charge is 0.493 e. The smallest absolute Gasteiger partial charge is 0.233 e. The molecule has 0 amide bonds. The molecule has 2 aromatic carbocycles. The zero-order valence-corrected chi connectivity index (χ0v) is 33.4. The van der Waals surface area contributed by atoms with Gasteiger partial charge in [-0.05, 0) is 79.6 Å². The van der Waals surface area contributed by atoms with Crippen LogP contribution in [-0.2, 0) is 0 Å². The highest BCUT2D eigenvalue weighted by atomic mass is 16.5. The maximum atomic E-state index is 13.0. The van der Waals surface area contributed by atoms with E-state index in [4.69, 9.17) is 9.47 Å². The summed E-state index contributed by atoms with van der Waals surface area (Å²) in [5, 5.41) is 0. The maximum absolute atomic E-state index is 13.0. The first-order valence-electron chi connectivity index (χ1n) is 20.9. The van der Waals surface area contributed by atoms with E-state index in [1.807, 2.05) is 12.1 Å². The predicted molar refractivity (Wildman–Crippen MR) is 215 cm³/mol. The lowest BCUT2D eigenvalue weighted by Gasteiger charge is -2.18. The van der Waals surface area contributed by atoms with Crippen LogP contribution in [0.3, 0.4) is 0 Å². The Hall–Kier alpha value is -2.62. The number of hydrogen-bond acceptors (Lipinski definition) is 4. The van der Waals surface area contributed by atoms with Crippen LogP contribution in [0.2, 0.25) is 0 Å². The molecule has 2 rings (SSSR count). The second-order valence-electron chi connectivity index (χ2n) is 14.6. The van der Waals surface area contributed by atoms with Gasteiger partial charge in [-0.2, -0.15) is 0 Å². The molecular formula is C46H76O4. The number of Topliss-reactive ketones (excluding diaryl/α,β-unsaturated/α-hetero) is 2. The van der Waals surface area contributed by atoms with Crippen molar-refractivity contribution in [2.45, 2.75) is 183 Å². The van der Waals surface area contributed by atoms with Crippen LogP contribution in [0.15, 0.2) is 48.5 Å². The van der Waals surface area contributed by atoms with Crippen molar-refractivity contribution in [1.82, 2.24) is 0 Å². The van der Waals surface area contributed by atoms with Crippen molar-refractivity contribution in [2.24, 2.45) is 11.8 Å². The van der Waals surface area contributed by atoms with Crippen molar-refractivity contribution in [1.29, 1.82) is 0 Å². The molecule has 0 saturated carbocycles. The first-order chi connectivity index (χ1) is 24.4. The third kappa shape index (κ3) is 22.3. The Labute approximate surface area is 308 Å². The third-order valence-corrected chi connectivity index (χ3v) is 9.65. The molecule has 0 N–H and O–H groups in total. The summed E-state index contributed by atoms with van der Waals surface area (Å²) in [5.74, 6) is 1.54. The monoisotopic (exact) mass is 693 g/mol. The maximum Gasteiger partial charge on any atom is 0.233 e. The van der Waals surface area contributed by atoms with Gasteiger partial charge >= 0.3 is 0 Å². The Morgan fingerprint density at radius 1 is 0.440 bits per heavy atom. The van der Waals surface area contributed by atoms with E-state index in [-0.39, 0.29) is 0 Å². The van der Waals surface area contributed by atoms with Gasteiger partial charge in [-0.1, -0.05) is 164 Å². The van der Waals surface area contributed by atoms with Crippen LogP contribution in [0.5, 0.6) is 11.5 Å². The molecule has 0 spiro atoms. The fourth-order valence-corrected chi connectivity index (χ4v) is 6.21. The summed E-state index contributed by atoms with van der Waals surface area (Å²) < 4.78 is 12.1. The molecule has 4 heteroatoms. The van der Waals surface area contributed by atoms with Gasteiger partial charge in [0.15, 0.2) is 0 Å². The Morgan fingerprint density at radius 2 is 0.780 bits per heavy atom. The van der Waals surface area contributed by atoms with Crippen molar-refractivity contribution in [2.75, 3.05) is 13.2 Å². The van der Waals surface area contributed by atoms with Crippen LogP contribution in [0.1, 0.15) is 204 Å². The van der Waals surface area contributed by atoms with Crippen molar-refractivity contribution in [3.05, 3.63) is 59.7 Å². The van der Waals surface area contributed by atoms with E-state index in [2.05, 4.69) is 41.5 Å². The number of hydrogen-bond donors (Lipinski definition) is 0. The zero-order chi connectivity index (χ0) is 36.7. The Bertz CT molecular complexity index is 1070. The van der Waals surface area contributed by atoms with Crippen molar-refractivity contribution < 1.29 is 19.1 Å². The van der Waals surface area contributed by atoms with Crippen molar-refractivity contribution in [3.8, 4) is 11.5 Å². The lowest BCUT2D eigenvalue weighted by atomic mass is 9.95. The van der Waals surface area contributed by atoms with Gasteiger partial charge in [0.1, 0.15) is 11.5 Å². The molecular weight excluding hydrogens is 617 g/mol. The van der Waals surface area contributed by atoms with Crippen LogP contribution in [0.4, 0.5) is 0 Å². The van der Waals surface area contributed by atoms with E-state index in [9.17, 15) is 9.59 Å². The summed E-state index contributed by atoms with van der Waals surface area (Å²) in [7, 11) is 0. The van der Waals surface area contributed by atoms with E-state index in [1.54, 1.807) is 36.4 Å². The van der Waals surface area contributed by atoms with Gasteiger partial charge in [-0.15, -0.1) is 0 Å². The van der Waals surface area contributed by atoms with Crippen LogP contribution < -0.4 is 9.47 Å². The average Bonchev–Trinajstić information content (AvgIpc) is 3.14. The molecule has 2 unspecified atom stereocenters. The summed E-state index contributed by atoms with van der Waals surface area (Å²) in [4.78, 5) is 25.9. The summed E-state index contributed by atoms with van der Waals surface area (Å²) in [6.45, 7) is 14.8. The normalized spacial score (nSPS) is 12.1. The minimum Gasteiger partial charge on any atom is -0.493 e. The molecule has 284 valence electrons. The molecule has 0 saturated heterocycles. The number of unbranched alkanes of at least 4 members (excludes halogenated alkanes) is 15. The van der Waals surface area contributed by atoms with Crippen molar-refractivity contribution >= 4 is 11.6 Å². The van der Waals surface area contributed by atoms with Crippen LogP contribution in [-0.4, -0.2) is 24.8 Å². The molecule has 0 bridgehead atoms. The van der Waals surface area contributed by atoms with Gasteiger partial charge in [0.05, 0.1) is 13.2 Å². The summed E-state index contributed by atoms with van der Waals surface area (Å²) in [6, 6.07) is 14.0. The molecule has 2 aromatic rings. The van der Waals surface area contributed by atoms with Crippen LogP contribution in [0.25, 0.3) is 0 Å². The van der Waals surface area contributed by atoms with E-state index in [1.165, 1.54) is 141 Å². The average molecular weight is 693 g/mol. The Morgan fingerprint density at radius 3 is 1.18 bits per heavy atom. The SMILES string of the molecule is CCCCC.CCCCCCCCC(C)COc1ccc(C(=O)C(=O)c2ccc(OCC(CCCCCC)CCCCCCCC)cc2)cc1. The number of ether oxygens (including phenoxy) is 2. The number of benzene rings is 2. The molecule has 0 heterocycles. The number of carbonyl (C=O) groups excluding carboxylic acids is 2. The zero-order valence-electron chi connectivity index (χ0n) is 33.4. The van der Waals surface area contributed by atoms with Gasteiger partial charge in [0.25, 0.3) is 0 Å². The van der Waals surface area contributed by atoms with Gasteiger partial charge in [-0.3, -0.25) is 9.59 Å². The van der Waals surface area contributed by atoms with E-state index in [0.29, 0.717) is 36.2 Å². The van der Waals surface area contributed by atoms with Gasteiger partial charge < -0.3 is 9.47 Å². The molecule has 0 aliphatic rings. The lowest BCUT2D eigenvalue weighted by molar-refractivity contribution is 0.0817. The highest BCUT2D eigenvalue weighted by Crippen LogP contribution is 2.23. The fourth-order valence-electron chi connectivity index (χ4n) is 6.21. The summed E-state index contributed by atoms with van der Waals surface area (Å²) in [5.41, 5.74) is 0.771. The van der Waals surface area contributed by atoms with Crippen LogP contribution >= 0.6 is 0 Å². The molecule has 0 aromatic heterocycles. The third-order valence-electron chi connectivity index (χ3n) is 9.65. The van der Waals surface area contributed by atoms with E-state index < -0.39 is 11.6 Å². The molecule has 0 aliphatic carbocycles. The lowest BCUT2D eigenvalue weighted by Crippen LogP contribution is -2.15. The van der Waals surface area contributed by atoms with Gasteiger partial charge in [-0.25, -0.2) is 0 Å². The first kappa shape index (κ1) is 45.4. The Kier molecular flexibility index (Phi) is 28.3. The molecule has 0 fully saturated rings.